The molecule has 0 saturated heterocycles. The molecule has 1 amide bonds. The maximum atomic E-state index is 13.1. The van der Waals surface area contributed by atoms with Crippen molar-refractivity contribution in [3.63, 3.8) is 0 Å². The van der Waals surface area contributed by atoms with E-state index in [9.17, 15) is 18.4 Å². The van der Waals surface area contributed by atoms with E-state index in [1.165, 1.54) is 11.0 Å². The van der Waals surface area contributed by atoms with Gasteiger partial charge in [-0.05, 0) is 31.5 Å². The van der Waals surface area contributed by atoms with Gasteiger partial charge in [0.2, 0.25) is 5.91 Å². The number of carbonyl (C=O) groups excluding carboxylic acids is 1. The SMILES string of the molecule is CCC(C)N(CC(=O)O)C(=O)CSc1ccc(F)c(F)c1. The second-order valence-corrected chi connectivity index (χ2v) is 5.59. The second kappa shape index (κ2) is 7.97. The Bertz CT molecular complexity index is 525. The van der Waals surface area contributed by atoms with Crippen LogP contribution in [0.25, 0.3) is 0 Å². The van der Waals surface area contributed by atoms with Crippen LogP contribution in [0.1, 0.15) is 20.3 Å². The highest BCUT2D eigenvalue weighted by Crippen LogP contribution is 2.21. The third-order valence-electron chi connectivity index (χ3n) is 3.00. The molecule has 0 bridgehead atoms. The molecule has 0 spiro atoms. The van der Waals surface area contributed by atoms with Gasteiger partial charge in [-0.15, -0.1) is 11.8 Å². The lowest BCUT2D eigenvalue weighted by Crippen LogP contribution is -2.42. The van der Waals surface area contributed by atoms with Crippen LogP contribution in [-0.4, -0.2) is 40.2 Å². The van der Waals surface area contributed by atoms with Gasteiger partial charge in [-0.2, -0.15) is 0 Å². The highest BCUT2D eigenvalue weighted by Gasteiger charge is 2.21. The van der Waals surface area contributed by atoms with Gasteiger partial charge in [0.05, 0.1) is 5.75 Å². The van der Waals surface area contributed by atoms with Crippen LogP contribution in [0.15, 0.2) is 23.1 Å². The molecule has 7 heteroatoms. The number of amides is 1. The summed E-state index contributed by atoms with van der Waals surface area (Å²) in [5.74, 6) is -3.37. The molecule has 1 aromatic carbocycles. The van der Waals surface area contributed by atoms with E-state index >= 15 is 0 Å². The summed E-state index contributed by atoms with van der Waals surface area (Å²) < 4.78 is 25.9. The molecule has 0 radical (unpaired) electrons. The van der Waals surface area contributed by atoms with Crippen LogP contribution >= 0.6 is 11.8 Å². The molecule has 1 unspecified atom stereocenters. The third-order valence-corrected chi connectivity index (χ3v) is 3.98. The van der Waals surface area contributed by atoms with Crippen LogP contribution in [0, 0.1) is 11.6 Å². The van der Waals surface area contributed by atoms with E-state index in [2.05, 4.69) is 0 Å². The van der Waals surface area contributed by atoms with Crippen molar-refractivity contribution < 1.29 is 23.5 Å². The summed E-state index contributed by atoms with van der Waals surface area (Å²) in [6, 6.07) is 3.18. The van der Waals surface area contributed by atoms with Crippen molar-refractivity contribution in [2.75, 3.05) is 12.3 Å². The van der Waals surface area contributed by atoms with Crippen molar-refractivity contribution in [3.8, 4) is 0 Å². The van der Waals surface area contributed by atoms with Crippen LogP contribution < -0.4 is 0 Å². The van der Waals surface area contributed by atoms with Gasteiger partial charge in [-0.25, -0.2) is 8.78 Å². The van der Waals surface area contributed by atoms with E-state index in [1.54, 1.807) is 6.92 Å². The second-order valence-electron chi connectivity index (χ2n) is 4.54. The molecule has 1 N–H and O–H groups in total. The van der Waals surface area contributed by atoms with E-state index in [1.807, 2.05) is 6.92 Å². The Kier molecular flexibility index (Phi) is 6.61. The minimum Gasteiger partial charge on any atom is -0.480 e. The number of nitrogens with zero attached hydrogens (tertiary/aromatic N) is 1. The molecule has 21 heavy (non-hydrogen) atoms. The molecule has 0 heterocycles. The van der Waals surface area contributed by atoms with E-state index in [0.29, 0.717) is 11.3 Å². The molecule has 0 saturated carbocycles. The van der Waals surface area contributed by atoms with Crippen LogP contribution in [-0.2, 0) is 9.59 Å². The number of hydrogen-bond donors (Lipinski definition) is 1. The van der Waals surface area contributed by atoms with Crippen molar-refractivity contribution in [1.82, 2.24) is 4.90 Å². The van der Waals surface area contributed by atoms with E-state index in [4.69, 9.17) is 5.11 Å². The van der Waals surface area contributed by atoms with Crippen molar-refractivity contribution in [3.05, 3.63) is 29.8 Å². The molecule has 0 aliphatic carbocycles. The first-order valence-electron chi connectivity index (χ1n) is 6.44. The normalized spacial score (nSPS) is 12.0. The minimum absolute atomic E-state index is 0.0251. The van der Waals surface area contributed by atoms with Crippen molar-refractivity contribution in [1.29, 1.82) is 0 Å². The van der Waals surface area contributed by atoms with Crippen LogP contribution in [0.2, 0.25) is 0 Å². The number of hydrogen-bond acceptors (Lipinski definition) is 3. The van der Waals surface area contributed by atoms with Crippen LogP contribution in [0.5, 0.6) is 0 Å². The Morgan fingerprint density at radius 2 is 2.00 bits per heavy atom. The lowest BCUT2D eigenvalue weighted by atomic mass is 10.2. The van der Waals surface area contributed by atoms with Crippen LogP contribution in [0.3, 0.4) is 0 Å². The first-order chi connectivity index (χ1) is 9.85. The van der Waals surface area contributed by atoms with Crippen LogP contribution in [0.4, 0.5) is 8.78 Å². The zero-order valence-electron chi connectivity index (χ0n) is 11.8. The molecule has 116 valence electrons. The predicted molar refractivity (Wildman–Crippen MR) is 76.2 cm³/mol. The Hall–Kier alpha value is -1.63. The van der Waals surface area contributed by atoms with E-state index in [-0.39, 0.29) is 24.2 Å². The number of carbonyl (C=O) groups is 2. The topological polar surface area (TPSA) is 57.6 Å². The average Bonchev–Trinajstić information content (AvgIpc) is 2.44. The number of halogens is 2. The Morgan fingerprint density at radius 1 is 1.33 bits per heavy atom. The highest BCUT2D eigenvalue weighted by atomic mass is 32.2. The molecule has 0 aromatic heterocycles. The van der Waals surface area contributed by atoms with Gasteiger partial charge in [0, 0.05) is 10.9 Å². The minimum atomic E-state index is -1.08. The summed E-state index contributed by atoms with van der Waals surface area (Å²) in [5.41, 5.74) is 0. The zero-order valence-corrected chi connectivity index (χ0v) is 12.6. The standard InChI is InChI=1S/C14H17F2NO3S/c1-3-9(2)17(7-14(19)20)13(18)8-21-10-4-5-11(15)12(16)6-10/h4-6,9H,3,7-8H2,1-2H3,(H,19,20). The highest BCUT2D eigenvalue weighted by molar-refractivity contribution is 8.00. The smallest absolute Gasteiger partial charge is 0.323 e. The number of aliphatic carboxylic acids is 1. The van der Waals surface area contributed by atoms with Gasteiger partial charge in [0.1, 0.15) is 6.54 Å². The molecule has 1 rings (SSSR count). The molecule has 0 aliphatic rings. The Morgan fingerprint density at radius 3 is 2.52 bits per heavy atom. The van der Waals surface area contributed by atoms with Gasteiger partial charge in [-0.1, -0.05) is 6.92 Å². The van der Waals surface area contributed by atoms with Gasteiger partial charge in [-0.3, -0.25) is 9.59 Å². The molecule has 0 fully saturated rings. The summed E-state index contributed by atoms with van der Waals surface area (Å²) in [6.07, 6.45) is 0.634. The molecular weight excluding hydrogens is 300 g/mol. The number of thioether (sulfide) groups is 1. The summed E-state index contributed by atoms with van der Waals surface area (Å²) >= 11 is 1.04. The fourth-order valence-electron chi connectivity index (χ4n) is 1.65. The number of carboxylic acids is 1. The van der Waals surface area contributed by atoms with Gasteiger partial charge in [0.25, 0.3) is 0 Å². The fourth-order valence-corrected chi connectivity index (χ4v) is 2.46. The maximum absolute atomic E-state index is 13.1. The van der Waals surface area contributed by atoms with Gasteiger partial charge in [0.15, 0.2) is 11.6 Å². The lowest BCUT2D eigenvalue weighted by molar-refractivity contribution is -0.144. The third kappa shape index (κ3) is 5.34. The van der Waals surface area contributed by atoms with Gasteiger partial charge < -0.3 is 10.0 Å². The number of benzene rings is 1. The van der Waals surface area contributed by atoms with E-state index in [0.717, 1.165) is 23.9 Å². The first-order valence-corrected chi connectivity index (χ1v) is 7.42. The monoisotopic (exact) mass is 317 g/mol. The zero-order chi connectivity index (χ0) is 16.0. The van der Waals surface area contributed by atoms with Crippen molar-refractivity contribution >= 4 is 23.6 Å². The lowest BCUT2D eigenvalue weighted by Gasteiger charge is -2.26. The van der Waals surface area contributed by atoms with Gasteiger partial charge >= 0.3 is 5.97 Å². The molecule has 4 nitrogen and oxygen atoms in total. The summed E-state index contributed by atoms with van der Waals surface area (Å²) in [7, 11) is 0. The Labute approximate surface area is 126 Å². The van der Waals surface area contributed by atoms with Crippen molar-refractivity contribution in [2.24, 2.45) is 0 Å². The fraction of sp³-hybridized carbons (Fsp3) is 0.429. The molecule has 1 aromatic rings. The van der Waals surface area contributed by atoms with Crippen molar-refractivity contribution in [2.45, 2.75) is 31.2 Å². The number of carboxylic acid groups (broad SMARTS) is 1. The molecule has 1 atom stereocenters. The number of rotatable bonds is 7. The molecular formula is C14H17F2NO3S. The predicted octanol–water partition coefficient (Wildman–Crippen LogP) is 2.77. The largest absolute Gasteiger partial charge is 0.480 e. The summed E-state index contributed by atoms with van der Waals surface area (Å²) in [6.45, 7) is 3.25. The summed E-state index contributed by atoms with van der Waals surface area (Å²) in [4.78, 5) is 24.6. The first kappa shape index (κ1) is 17.4. The average molecular weight is 317 g/mol. The van der Waals surface area contributed by atoms with E-state index < -0.39 is 17.6 Å². The Balaban J connectivity index is 2.68. The molecule has 0 aliphatic heterocycles. The quantitative estimate of drug-likeness (QED) is 0.786. The summed E-state index contributed by atoms with van der Waals surface area (Å²) in [5, 5.41) is 8.84. The maximum Gasteiger partial charge on any atom is 0.323 e.